The van der Waals surface area contributed by atoms with Crippen LogP contribution in [0.4, 0.5) is 0 Å². The van der Waals surface area contributed by atoms with Crippen LogP contribution in [0.5, 0.6) is 11.5 Å². The van der Waals surface area contributed by atoms with Gasteiger partial charge in [-0.25, -0.2) is 0 Å². The largest absolute Gasteiger partial charge is 0.493 e. The summed E-state index contributed by atoms with van der Waals surface area (Å²) in [4.78, 5) is 36.2. The molecule has 130 valence electrons. The van der Waals surface area contributed by atoms with E-state index in [1.807, 2.05) is 0 Å². The Kier molecular flexibility index (Phi) is 6.08. The van der Waals surface area contributed by atoms with Gasteiger partial charge in [-0.05, 0) is 17.7 Å². The quantitative estimate of drug-likeness (QED) is 0.569. The van der Waals surface area contributed by atoms with Crippen LogP contribution in [0.3, 0.4) is 0 Å². The van der Waals surface area contributed by atoms with Crippen LogP contribution in [0.15, 0.2) is 18.2 Å². The molecule has 0 aromatic heterocycles. The number of hydrogen-bond acceptors (Lipinski definition) is 7. The Morgan fingerprint density at radius 2 is 2.04 bits per heavy atom. The first-order valence-corrected chi connectivity index (χ1v) is 8.35. The number of hydrogen-bond donors (Lipinski definition) is 0. The average Bonchev–Trinajstić information content (AvgIpc) is 2.93. The lowest BCUT2D eigenvalue weighted by Crippen LogP contribution is -2.30. The monoisotopic (exact) mass is 353 g/mol. The van der Waals surface area contributed by atoms with Gasteiger partial charge in [0, 0.05) is 13.5 Å². The second-order valence-corrected chi connectivity index (χ2v) is 6.15. The van der Waals surface area contributed by atoms with Crippen LogP contribution in [0, 0.1) is 0 Å². The van der Waals surface area contributed by atoms with E-state index < -0.39 is 5.97 Å². The zero-order valence-corrected chi connectivity index (χ0v) is 14.6. The maximum atomic E-state index is 12.1. The van der Waals surface area contributed by atoms with Gasteiger partial charge in [-0.3, -0.25) is 14.4 Å². The Labute approximate surface area is 144 Å². The maximum absolute atomic E-state index is 12.1. The first-order chi connectivity index (χ1) is 11.5. The third-order valence-electron chi connectivity index (χ3n) is 3.48. The van der Waals surface area contributed by atoms with Gasteiger partial charge in [-0.2, -0.15) is 0 Å². The van der Waals surface area contributed by atoms with Gasteiger partial charge >= 0.3 is 11.9 Å². The van der Waals surface area contributed by atoms with Gasteiger partial charge in [0.2, 0.25) is 5.91 Å². The predicted octanol–water partition coefficient (Wildman–Crippen LogP) is 1.76. The molecule has 24 heavy (non-hydrogen) atoms. The molecule has 1 fully saturated rings. The smallest absolute Gasteiger partial charge is 0.308 e. The normalized spacial score (nSPS) is 16.9. The lowest BCUT2D eigenvalue weighted by Gasteiger charge is -2.24. The summed E-state index contributed by atoms with van der Waals surface area (Å²) in [5.74, 6) is 0.254. The molecule has 1 unspecified atom stereocenters. The second kappa shape index (κ2) is 8.05. The molecule has 0 aliphatic carbocycles. The fourth-order valence-corrected chi connectivity index (χ4v) is 3.57. The summed E-state index contributed by atoms with van der Waals surface area (Å²) in [5.41, 5.74) is 0.837. The average molecular weight is 353 g/mol. The summed E-state index contributed by atoms with van der Waals surface area (Å²) in [7, 11) is 2.80. The molecule has 2 rings (SSSR count). The number of thioether (sulfide) groups is 1. The molecule has 0 bridgehead atoms. The highest BCUT2D eigenvalue weighted by atomic mass is 32.2. The van der Waals surface area contributed by atoms with Gasteiger partial charge in [-0.15, -0.1) is 11.8 Å². The van der Waals surface area contributed by atoms with Gasteiger partial charge < -0.3 is 19.1 Å². The van der Waals surface area contributed by atoms with Gasteiger partial charge in [0.15, 0.2) is 11.5 Å². The minimum atomic E-state index is -0.439. The van der Waals surface area contributed by atoms with Gasteiger partial charge in [0.1, 0.15) is 5.37 Å². The Morgan fingerprint density at radius 3 is 2.67 bits per heavy atom. The molecule has 8 heteroatoms. The van der Waals surface area contributed by atoms with E-state index in [1.54, 1.807) is 23.1 Å². The molecular formula is C16H19NO6S. The lowest BCUT2D eigenvalue weighted by atomic mass is 10.1. The summed E-state index contributed by atoms with van der Waals surface area (Å²) >= 11 is 1.47. The molecule has 1 amide bonds. The molecule has 0 N–H and O–H groups in total. The first-order valence-electron chi connectivity index (χ1n) is 7.30. The van der Waals surface area contributed by atoms with E-state index in [0.29, 0.717) is 17.3 Å². The van der Waals surface area contributed by atoms with Gasteiger partial charge in [0.05, 0.1) is 26.4 Å². The Morgan fingerprint density at radius 1 is 1.29 bits per heavy atom. The Balaban J connectivity index is 2.20. The number of carbonyl (C=O) groups is 3. The maximum Gasteiger partial charge on any atom is 0.308 e. The minimum absolute atomic E-state index is 0.0306. The fourth-order valence-electron chi connectivity index (χ4n) is 2.36. The van der Waals surface area contributed by atoms with Crippen LogP contribution in [0.1, 0.15) is 24.3 Å². The van der Waals surface area contributed by atoms with E-state index in [1.165, 1.54) is 32.9 Å². The van der Waals surface area contributed by atoms with Gasteiger partial charge in [0.25, 0.3) is 0 Å². The Hall–Kier alpha value is -2.22. The molecule has 1 aliphatic heterocycles. The van der Waals surface area contributed by atoms with E-state index in [-0.39, 0.29) is 30.2 Å². The van der Waals surface area contributed by atoms with Crippen molar-refractivity contribution in [2.45, 2.75) is 18.7 Å². The van der Waals surface area contributed by atoms with Crippen molar-refractivity contribution in [1.29, 1.82) is 0 Å². The molecule has 0 radical (unpaired) electrons. The van der Waals surface area contributed by atoms with Crippen molar-refractivity contribution >= 4 is 29.6 Å². The predicted molar refractivity (Wildman–Crippen MR) is 87.8 cm³/mol. The number of carbonyl (C=O) groups excluding carboxylic acids is 3. The van der Waals surface area contributed by atoms with Crippen LogP contribution in [-0.2, 0) is 19.1 Å². The SMILES string of the molecule is COC(=O)CCN1C(=O)CSC1c1ccc(OC(C)=O)c(OC)c1. The van der Waals surface area contributed by atoms with E-state index in [0.717, 1.165) is 5.56 Å². The summed E-state index contributed by atoms with van der Waals surface area (Å²) in [6.07, 6.45) is 0.141. The van der Waals surface area contributed by atoms with Crippen LogP contribution >= 0.6 is 11.8 Å². The number of nitrogens with zero attached hydrogens (tertiary/aromatic N) is 1. The molecule has 7 nitrogen and oxygen atoms in total. The molecule has 1 aromatic carbocycles. The van der Waals surface area contributed by atoms with Crippen LogP contribution in [-0.4, -0.2) is 49.3 Å². The number of ether oxygens (including phenoxy) is 3. The lowest BCUT2D eigenvalue weighted by molar-refractivity contribution is -0.141. The first kappa shape index (κ1) is 18.1. The highest BCUT2D eigenvalue weighted by molar-refractivity contribution is 8.00. The molecule has 1 saturated heterocycles. The number of rotatable bonds is 6. The third kappa shape index (κ3) is 4.19. The molecule has 1 aliphatic rings. The van der Waals surface area contributed by atoms with Crippen molar-refractivity contribution in [3.63, 3.8) is 0 Å². The van der Waals surface area contributed by atoms with Crippen LogP contribution in [0.2, 0.25) is 0 Å². The minimum Gasteiger partial charge on any atom is -0.493 e. The molecule has 0 saturated carbocycles. The standard InChI is InChI=1S/C16H19NO6S/c1-10(18)23-12-5-4-11(8-13(12)21-2)16-17(14(19)9-24-16)7-6-15(20)22-3/h4-5,8,16H,6-7,9H2,1-3H3. The van der Waals surface area contributed by atoms with Crippen LogP contribution in [0.25, 0.3) is 0 Å². The van der Waals surface area contributed by atoms with Crippen molar-refractivity contribution in [2.75, 3.05) is 26.5 Å². The molecule has 0 spiro atoms. The van der Waals surface area contributed by atoms with E-state index >= 15 is 0 Å². The topological polar surface area (TPSA) is 82.1 Å². The number of methoxy groups -OCH3 is 2. The summed E-state index contributed by atoms with van der Waals surface area (Å²) in [5, 5.41) is -0.220. The van der Waals surface area contributed by atoms with E-state index in [4.69, 9.17) is 9.47 Å². The summed E-state index contributed by atoms with van der Waals surface area (Å²) in [6.45, 7) is 1.60. The summed E-state index contributed by atoms with van der Waals surface area (Å²) < 4.78 is 15.0. The molecule has 1 aromatic rings. The highest BCUT2D eigenvalue weighted by Gasteiger charge is 2.33. The van der Waals surface area contributed by atoms with Crippen molar-refractivity contribution in [1.82, 2.24) is 4.90 Å². The van der Waals surface area contributed by atoms with Crippen molar-refractivity contribution in [3.05, 3.63) is 23.8 Å². The highest BCUT2D eigenvalue weighted by Crippen LogP contribution is 2.41. The third-order valence-corrected chi connectivity index (χ3v) is 4.74. The fraction of sp³-hybridized carbons (Fsp3) is 0.438. The van der Waals surface area contributed by atoms with Crippen LogP contribution < -0.4 is 9.47 Å². The molecule has 1 heterocycles. The van der Waals surface area contributed by atoms with E-state index in [2.05, 4.69) is 4.74 Å². The number of amides is 1. The van der Waals surface area contributed by atoms with Crippen molar-refractivity contribution in [3.8, 4) is 11.5 Å². The number of esters is 2. The van der Waals surface area contributed by atoms with Crippen molar-refractivity contribution in [2.24, 2.45) is 0 Å². The Bertz CT molecular complexity index is 647. The van der Waals surface area contributed by atoms with Gasteiger partial charge in [-0.1, -0.05) is 6.07 Å². The molecule has 1 atom stereocenters. The van der Waals surface area contributed by atoms with E-state index in [9.17, 15) is 14.4 Å². The molecular weight excluding hydrogens is 334 g/mol. The number of benzene rings is 1. The van der Waals surface area contributed by atoms with Crippen molar-refractivity contribution < 1.29 is 28.6 Å². The zero-order valence-electron chi connectivity index (χ0n) is 13.7. The zero-order chi connectivity index (χ0) is 17.7. The summed E-state index contributed by atoms with van der Waals surface area (Å²) in [6, 6.07) is 5.15. The second-order valence-electron chi connectivity index (χ2n) is 5.08.